The van der Waals surface area contributed by atoms with Gasteiger partial charge in [0.05, 0.1) is 6.54 Å². The number of rotatable bonds is 5. The fraction of sp³-hybridized carbons (Fsp3) is 0.417. The highest BCUT2D eigenvalue weighted by Crippen LogP contribution is 2.14. The summed E-state index contributed by atoms with van der Waals surface area (Å²) in [6.07, 6.45) is 1.79. The summed E-state index contributed by atoms with van der Waals surface area (Å²) < 4.78 is 0. The van der Waals surface area contributed by atoms with E-state index < -0.39 is 0 Å². The molecule has 0 fully saturated rings. The minimum atomic E-state index is -0.236. The zero-order chi connectivity index (χ0) is 13.0. The maximum atomic E-state index is 11.8. The van der Waals surface area contributed by atoms with E-state index in [1.807, 2.05) is 19.1 Å². The van der Waals surface area contributed by atoms with Gasteiger partial charge in [0.15, 0.2) is 0 Å². The Kier molecular flexibility index (Phi) is 4.09. The lowest BCUT2D eigenvalue weighted by atomic mass is 10.3. The van der Waals surface area contributed by atoms with Crippen LogP contribution in [0.5, 0.6) is 0 Å². The van der Waals surface area contributed by atoms with Crippen molar-refractivity contribution in [3.8, 4) is 0 Å². The van der Waals surface area contributed by atoms with E-state index in [-0.39, 0.29) is 11.7 Å². The molecular weight excluding hydrogens is 248 g/mol. The number of carbonyl (C=O) groups excluding carboxylic acids is 1. The van der Waals surface area contributed by atoms with Crippen LogP contribution in [0.4, 0.5) is 0 Å². The molecule has 6 heteroatoms. The van der Waals surface area contributed by atoms with Crippen molar-refractivity contribution < 1.29 is 4.79 Å². The predicted octanol–water partition coefficient (Wildman–Crippen LogP) is 2.06. The van der Waals surface area contributed by atoms with Gasteiger partial charge in [-0.1, -0.05) is 6.92 Å². The molecule has 0 spiro atoms. The van der Waals surface area contributed by atoms with Crippen molar-refractivity contribution in [1.82, 2.24) is 20.5 Å². The van der Waals surface area contributed by atoms with Crippen LogP contribution in [0.2, 0.25) is 0 Å². The summed E-state index contributed by atoms with van der Waals surface area (Å²) in [7, 11) is 0. The van der Waals surface area contributed by atoms with Gasteiger partial charge in [-0.25, -0.2) is 4.98 Å². The van der Waals surface area contributed by atoms with E-state index >= 15 is 0 Å². The van der Waals surface area contributed by atoms with Crippen molar-refractivity contribution in [2.45, 2.75) is 33.2 Å². The van der Waals surface area contributed by atoms with Crippen LogP contribution in [-0.4, -0.2) is 21.1 Å². The van der Waals surface area contributed by atoms with Crippen molar-refractivity contribution >= 4 is 17.2 Å². The Hall–Kier alpha value is -1.69. The third-order valence-electron chi connectivity index (χ3n) is 2.44. The molecule has 0 aliphatic rings. The van der Waals surface area contributed by atoms with Gasteiger partial charge in [0, 0.05) is 16.2 Å². The summed E-state index contributed by atoms with van der Waals surface area (Å²) >= 11 is 1.67. The third kappa shape index (κ3) is 3.16. The maximum Gasteiger partial charge on any atom is 0.291 e. The lowest BCUT2D eigenvalue weighted by molar-refractivity contribution is 0.0941. The van der Waals surface area contributed by atoms with Crippen molar-refractivity contribution in [2.24, 2.45) is 0 Å². The highest BCUT2D eigenvalue weighted by atomic mass is 32.1. The van der Waals surface area contributed by atoms with Crippen molar-refractivity contribution in [2.75, 3.05) is 0 Å². The fourth-order valence-corrected chi connectivity index (χ4v) is 2.40. The van der Waals surface area contributed by atoms with E-state index in [4.69, 9.17) is 0 Å². The fourth-order valence-electron chi connectivity index (χ4n) is 1.57. The van der Waals surface area contributed by atoms with Gasteiger partial charge in [0.25, 0.3) is 5.91 Å². The maximum absolute atomic E-state index is 11.8. The van der Waals surface area contributed by atoms with E-state index in [0.29, 0.717) is 6.54 Å². The van der Waals surface area contributed by atoms with Gasteiger partial charge in [0.2, 0.25) is 5.82 Å². The molecule has 0 saturated heterocycles. The van der Waals surface area contributed by atoms with Gasteiger partial charge in [-0.05, 0) is 25.5 Å². The number of H-pyrrole nitrogens is 1. The summed E-state index contributed by atoms with van der Waals surface area (Å²) in [6.45, 7) is 4.62. The first kappa shape index (κ1) is 12.8. The summed E-state index contributed by atoms with van der Waals surface area (Å²) in [5.74, 6) is 0.737. The minimum Gasteiger partial charge on any atom is -0.344 e. The Morgan fingerprint density at radius 3 is 3.00 bits per heavy atom. The zero-order valence-corrected chi connectivity index (χ0v) is 11.3. The first-order valence-corrected chi connectivity index (χ1v) is 6.75. The average molecular weight is 264 g/mol. The minimum absolute atomic E-state index is 0.215. The number of carbonyl (C=O) groups is 1. The summed E-state index contributed by atoms with van der Waals surface area (Å²) in [5, 5.41) is 9.49. The molecule has 2 aromatic rings. The molecule has 0 radical (unpaired) electrons. The number of amides is 1. The second-order valence-electron chi connectivity index (χ2n) is 4.05. The van der Waals surface area contributed by atoms with Crippen LogP contribution in [0.3, 0.4) is 0 Å². The van der Waals surface area contributed by atoms with Crippen LogP contribution in [0.25, 0.3) is 0 Å². The largest absolute Gasteiger partial charge is 0.344 e. The van der Waals surface area contributed by atoms with E-state index in [1.54, 1.807) is 11.3 Å². The van der Waals surface area contributed by atoms with E-state index in [1.165, 1.54) is 4.88 Å². The molecule has 0 bridgehead atoms. The van der Waals surface area contributed by atoms with Crippen LogP contribution in [0.1, 0.15) is 39.5 Å². The highest BCUT2D eigenvalue weighted by molar-refractivity contribution is 7.11. The lowest BCUT2D eigenvalue weighted by Crippen LogP contribution is -2.23. The molecule has 96 valence electrons. The normalized spacial score (nSPS) is 10.6. The first-order valence-electron chi connectivity index (χ1n) is 5.94. The number of thiophene rings is 1. The Balaban J connectivity index is 1.90. The smallest absolute Gasteiger partial charge is 0.291 e. The Morgan fingerprint density at radius 2 is 2.33 bits per heavy atom. The Morgan fingerprint density at radius 1 is 1.50 bits per heavy atom. The molecule has 2 heterocycles. The number of hydrogen-bond donors (Lipinski definition) is 2. The zero-order valence-electron chi connectivity index (χ0n) is 10.5. The predicted molar refractivity (Wildman–Crippen MR) is 70.6 cm³/mol. The van der Waals surface area contributed by atoms with Crippen LogP contribution >= 0.6 is 11.3 Å². The number of nitrogens with zero attached hydrogens (tertiary/aromatic N) is 2. The molecule has 2 aromatic heterocycles. The average Bonchev–Trinajstić information content (AvgIpc) is 2.96. The van der Waals surface area contributed by atoms with Crippen LogP contribution in [0.15, 0.2) is 12.1 Å². The van der Waals surface area contributed by atoms with Gasteiger partial charge in [0.1, 0.15) is 5.82 Å². The SMILES string of the molecule is CCCc1nc(C(=O)NCc2ccc(C)s2)n[nH]1. The van der Waals surface area contributed by atoms with Crippen LogP contribution in [-0.2, 0) is 13.0 Å². The standard InChI is InChI=1S/C12H16N4OS/c1-3-4-10-14-11(16-15-10)12(17)13-7-9-6-5-8(2)18-9/h5-6H,3-4,7H2,1-2H3,(H,13,17)(H,14,15,16). The number of aromatic amines is 1. The number of aryl methyl sites for hydroxylation is 2. The molecule has 0 saturated carbocycles. The van der Waals surface area contributed by atoms with Crippen LogP contribution < -0.4 is 5.32 Å². The lowest BCUT2D eigenvalue weighted by Gasteiger charge is -1.99. The summed E-state index contributed by atoms with van der Waals surface area (Å²) in [4.78, 5) is 18.3. The third-order valence-corrected chi connectivity index (χ3v) is 3.44. The van der Waals surface area contributed by atoms with Gasteiger partial charge < -0.3 is 5.32 Å². The van der Waals surface area contributed by atoms with E-state index in [0.717, 1.165) is 23.5 Å². The van der Waals surface area contributed by atoms with Crippen molar-refractivity contribution in [3.63, 3.8) is 0 Å². The van der Waals surface area contributed by atoms with E-state index in [9.17, 15) is 4.79 Å². The molecule has 1 amide bonds. The second kappa shape index (κ2) is 5.77. The molecule has 0 aliphatic heterocycles. The summed E-state index contributed by atoms with van der Waals surface area (Å²) in [5.41, 5.74) is 0. The van der Waals surface area contributed by atoms with Gasteiger partial charge in [-0.2, -0.15) is 0 Å². The Bertz CT molecular complexity index is 532. The van der Waals surface area contributed by atoms with Crippen molar-refractivity contribution in [3.05, 3.63) is 33.5 Å². The van der Waals surface area contributed by atoms with Gasteiger partial charge in [-0.15, -0.1) is 16.4 Å². The molecule has 18 heavy (non-hydrogen) atoms. The highest BCUT2D eigenvalue weighted by Gasteiger charge is 2.11. The van der Waals surface area contributed by atoms with Crippen LogP contribution in [0, 0.1) is 6.92 Å². The second-order valence-corrected chi connectivity index (χ2v) is 5.42. The van der Waals surface area contributed by atoms with Gasteiger partial charge >= 0.3 is 0 Å². The molecular formula is C12H16N4OS. The quantitative estimate of drug-likeness (QED) is 0.868. The molecule has 0 atom stereocenters. The molecule has 2 rings (SSSR count). The van der Waals surface area contributed by atoms with E-state index in [2.05, 4.69) is 27.4 Å². The molecule has 0 unspecified atom stereocenters. The number of nitrogens with one attached hydrogen (secondary N) is 2. The molecule has 0 aromatic carbocycles. The first-order chi connectivity index (χ1) is 8.69. The van der Waals surface area contributed by atoms with Gasteiger partial charge in [-0.3, -0.25) is 9.89 Å². The Labute approximate surface area is 110 Å². The van der Waals surface area contributed by atoms with Crippen molar-refractivity contribution in [1.29, 1.82) is 0 Å². The molecule has 2 N–H and O–H groups in total. The molecule has 0 aliphatic carbocycles. The number of hydrogen-bond acceptors (Lipinski definition) is 4. The number of aromatic nitrogens is 3. The molecule has 5 nitrogen and oxygen atoms in total. The summed E-state index contributed by atoms with van der Waals surface area (Å²) in [6, 6.07) is 4.05. The monoisotopic (exact) mass is 264 g/mol. The topological polar surface area (TPSA) is 70.7 Å².